The number of ether oxygens (including phenoxy) is 2. The van der Waals surface area contributed by atoms with Crippen molar-refractivity contribution in [1.82, 2.24) is 9.97 Å². The van der Waals surface area contributed by atoms with Gasteiger partial charge in [0.1, 0.15) is 16.9 Å². The lowest BCUT2D eigenvalue weighted by Gasteiger charge is -2.34. The van der Waals surface area contributed by atoms with E-state index in [1.54, 1.807) is 6.92 Å². The van der Waals surface area contributed by atoms with Crippen LogP contribution in [0.2, 0.25) is 0 Å². The van der Waals surface area contributed by atoms with Crippen LogP contribution in [0.15, 0.2) is 0 Å². The number of hydrogen-bond donors (Lipinski definition) is 2. The lowest BCUT2D eigenvalue weighted by Crippen LogP contribution is -2.47. The van der Waals surface area contributed by atoms with E-state index in [1.807, 2.05) is 13.8 Å². The number of aryl methyl sites for hydroxylation is 1. The lowest BCUT2D eigenvalue weighted by atomic mass is 9.83. The van der Waals surface area contributed by atoms with E-state index in [1.165, 1.54) is 0 Å². The molecule has 1 aromatic rings. The average molecular weight is 424 g/mol. The number of aromatic nitrogens is 2. The van der Waals surface area contributed by atoms with Crippen LogP contribution in [0.3, 0.4) is 0 Å². The third-order valence-corrected chi connectivity index (χ3v) is 5.66. The number of carbonyl (C=O) groups excluding carboxylic acids is 1. The van der Waals surface area contributed by atoms with Gasteiger partial charge in [0.25, 0.3) is 0 Å². The van der Waals surface area contributed by atoms with Gasteiger partial charge in [-0.2, -0.15) is 4.89 Å². The van der Waals surface area contributed by atoms with Gasteiger partial charge in [-0.05, 0) is 33.6 Å². The van der Waals surface area contributed by atoms with Crippen molar-refractivity contribution < 1.29 is 24.0 Å². The van der Waals surface area contributed by atoms with Gasteiger partial charge in [-0.25, -0.2) is 14.8 Å². The van der Waals surface area contributed by atoms with Crippen LogP contribution in [0.5, 0.6) is 0 Å². The molecule has 10 nitrogen and oxygen atoms in total. The highest BCUT2D eigenvalue weighted by Crippen LogP contribution is 2.42. The van der Waals surface area contributed by atoms with Crippen LogP contribution in [-0.4, -0.2) is 68.1 Å². The zero-order valence-corrected chi connectivity index (χ0v) is 18.1. The van der Waals surface area contributed by atoms with Crippen LogP contribution in [0, 0.1) is 12.3 Å². The summed E-state index contributed by atoms with van der Waals surface area (Å²) in [6.45, 7) is 9.25. The molecule has 1 saturated heterocycles. The molecular formula is C20H33N5O5. The molecule has 0 bridgehead atoms. The number of morpholine rings is 1. The minimum Gasteiger partial charge on any atom is -0.393 e. The van der Waals surface area contributed by atoms with Gasteiger partial charge in [-0.1, -0.05) is 6.42 Å². The highest BCUT2D eigenvalue weighted by Gasteiger charge is 2.52. The molecule has 2 aliphatic rings. The molecule has 3 rings (SSSR count). The SMILES string of the molecule is CCOCC1(C(=O)OOCC)CCCC1Nc1nc(C)nc(N2CCOCC2)c1N. The number of nitrogens with two attached hydrogens (primary N) is 1. The fourth-order valence-corrected chi connectivity index (χ4v) is 4.10. The number of nitrogens with zero attached hydrogens (tertiary/aromatic N) is 3. The zero-order chi connectivity index (χ0) is 21.6. The van der Waals surface area contributed by atoms with E-state index >= 15 is 0 Å². The Kier molecular flexibility index (Phi) is 7.68. The third-order valence-electron chi connectivity index (χ3n) is 5.66. The largest absolute Gasteiger partial charge is 0.393 e. The normalized spacial score (nSPS) is 24.1. The van der Waals surface area contributed by atoms with E-state index < -0.39 is 11.4 Å². The van der Waals surface area contributed by atoms with Crippen molar-refractivity contribution in [2.45, 2.75) is 46.1 Å². The maximum absolute atomic E-state index is 12.9. The molecule has 168 valence electrons. The molecule has 10 heteroatoms. The van der Waals surface area contributed by atoms with E-state index in [0.717, 1.165) is 25.9 Å². The highest BCUT2D eigenvalue weighted by molar-refractivity contribution is 5.80. The molecule has 3 N–H and O–H groups in total. The summed E-state index contributed by atoms with van der Waals surface area (Å²) in [6, 6.07) is -0.244. The van der Waals surface area contributed by atoms with Crippen molar-refractivity contribution in [3.05, 3.63) is 5.82 Å². The summed E-state index contributed by atoms with van der Waals surface area (Å²) >= 11 is 0. The van der Waals surface area contributed by atoms with Crippen LogP contribution >= 0.6 is 0 Å². The number of rotatable bonds is 9. The smallest absolute Gasteiger partial charge is 0.352 e. The van der Waals surface area contributed by atoms with Gasteiger partial charge in [0.05, 0.1) is 26.4 Å². The van der Waals surface area contributed by atoms with Crippen LogP contribution in [0.25, 0.3) is 0 Å². The second-order valence-corrected chi connectivity index (χ2v) is 7.62. The van der Waals surface area contributed by atoms with Gasteiger partial charge in [0, 0.05) is 25.7 Å². The number of carbonyl (C=O) groups is 1. The van der Waals surface area contributed by atoms with E-state index in [2.05, 4.69) is 20.2 Å². The van der Waals surface area contributed by atoms with E-state index in [0.29, 0.717) is 49.4 Å². The first-order chi connectivity index (χ1) is 14.5. The molecule has 2 unspecified atom stereocenters. The van der Waals surface area contributed by atoms with E-state index in [-0.39, 0.29) is 19.3 Å². The van der Waals surface area contributed by atoms with Gasteiger partial charge < -0.3 is 25.4 Å². The topological polar surface area (TPSA) is 121 Å². The second-order valence-electron chi connectivity index (χ2n) is 7.62. The Balaban J connectivity index is 1.87. The number of hydrogen-bond acceptors (Lipinski definition) is 10. The predicted molar refractivity (Wildman–Crippen MR) is 112 cm³/mol. The molecule has 2 heterocycles. The molecule has 1 saturated carbocycles. The van der Waals surface area contributed by atoms with E-state index in [4.69, 9.17) is 25.0 Å². The fraction of sp³-hybridized carbons (Fsp3) is 0.750. The highest BCUT2D eigenvalue weighted by atomic mass is 17.2. The summed E-state index contributed by atoms with van der Waals surface area (Å²) in [5.74, 6) is 1.41. The van der Waals surface area contributed by atoms with Crippen LogP contribution in [0.4, 0.5) is 17.3 Å². The van der Waals surface area contributed by atoms with Gasteiger partial charge in [-0.3, -0.25) is 4.89 Å². The Labute approximate surface area is 177 Å². The fourth-order valence-electron chi connectivity index (χ4n) is 4.10. The molecule has 2 fully saturated rings. The Hall–Kier alpha value is -2.17. The molecule has 1 aromatic heterocycles. The number of anilines is 3. The quantitative estimate of drug-likeness (QED) is 0.448. The second kappa shape index (κ2) is 10.2. The van der Waals surface area contributed by atoms with Crippen LogP contribution in [0.1, 0.15) is 38.9 Å². The van der Waals surface area contributed by atoms with Crippen molar-refractivity contribution in [1.29, 1.82) is 0 Å². The summed E-state index contributed by atoms with van der Waals surface area (Å²) in [5, 5.41) is 3.42. The maximum Gasteiger partial charge on any atom is 0.352 e. The molecule has 0 amide bonds. The molecule has 1 aliphatic heterocycles. The minimum atomic E-state index is -0.865. The summed E-state index contributed by atoms with van der Waals surface area (Å²) in [5.41, 5.74) is 6.07. The predicted octanol–water partition coefficient (Wildman–Crippen LogP) is 1.69. The number of nitrogen functional groups attached to an aromatic ring is 1. The van der Waals surface area contributed by atoms with Gasteiger partial charge in [-0.15, -0.1) is 0 Å². The van der Waals surface area contributed by atoms with Gasteiger partial charge in [0.2, 0.25) is 0 Å². The summed E-state index contributed by atoms with van der Waals surface area (Å²) in [4.78, 5) is 34.1. The van der Waals surface area contributed by atoms with Gasteiger partial charge >= 0.3 is 5.97 Å². The molecule has 2 atom stereocenters. The van der Waals surface area contributed by atoms with Crippen LogP contribution < -0.4 is 16.0 Å². The summed E-state index contributed by atoms with van der Waals surface area (Å²) in [7, 11) is 0. The van der Waals surface area contributed by atoms with Gasteiger partial charge in [0.15, 0.2) is 11.6 Å². The summed E-state index contributed by atoms with van der Waals surface area (Å²) < 4.78 is 11.1. The van der Waals surface area contributed by atoms with Crippen molar-refractivity contribution in [2.75, 3.05) is 62.1 Å². The van der Waals surface area contributed by atoms with Crippen molar-refractivity contribution >= 4 is 23.3 Å². The molecule has 0 spiro atoms. The standard InChI is InChI=1S/C20H33N5O5/c1-4-27-13-20(19(26)30-29-5-2)8-6-7-15(20)24-17-16(21)18(23-14(3)22-17)25-9-11-28-12-10-25/h15H,4-13,21H2,1-3H3,(H,22,23,24). The maximum atomic E-state index is 12.9. The molecule has 0 radical (unpaired) electrons. The van der Waals surface area contributed by atoms with Crippen molar-refractivity contribution in [3.8, 4) is 0 Å². The first-order valence-electron chi connectivity index (χ1n) is 10.7. The van der Waals surface area contributed by atoms with E-state index in [9.17, 15) is 4.79 Å². The minimum absolute atomic E-state index is 0.243. The van der Waals surface area contributed by atoms with Crippen molar-refractivity contribution in [3.63, 3.8) is 0 Å². The molecule has 1 aliphatic carbocycles. The zero-order valence-electron chi connectivity index (χ0n) is 18.1. The monoisotopic (exact) mass is 423 g/mol. The first kappa shape index (κ1) is 22.5. The Morgan fingerprint density at radius 1 is 1.30 bits per heavy atom. The Morgan fingerprint density at radius 2 is 2.07 bits per heavy atom. The summed E-state index contributed by atoms with van der Waals surface area (Å²) in [6.07, 6.45) is 2.26. The Morgan fingerprint density at radius 3 is 2.77 bits per heavy atom. The molecule has 0 aromatic carbocycles. The first-order valence-corrected chi connectivity index (χ1v) is 10.7. The third kappa shape index (κ3) is 4.76. The van der Waals surface area contributed by atoms with Crippen LogP contribution in [-0.2, 0) is 24.0 Å². The molecule has 30 heavy (non-hydrogen) atoms. The average Bonchev–Trinajstić information content (AvgIpc) is 3.16. The number of nitrogens with one attached hydrogen (secondary N) is 1. The molecular weight excluding hydrogens is 390 g/mol. The Bertz CT molecular complexity index is 728. The lowest BCUT2D eigenvalue weighted by molar-refractivity contribution is -0.280. The van der Waals surface area contributed by atoms with Crippen molar-refractivity contribution in [2.24, 2.45) is 5.41 Å².